The molecule has 1 aliphatic heterocycles. The van der Waals surface area contributed by atoms with E-state index in [4.69, 9.17) is 45.0 Å². The number of rotatable bonds is 18. The van der Waals surface area contributed by atoms with Gasteiger partial charge in [0.15, 0.2) is 5.78 Å². The highest BCUT2D eigenvalue weighted by molar-refractivity contribution is 6.36. The average molecular weight is 799 g/mol. The summed E-state index contributed by atoms with van der Waals surface area (Å²) in [4.78, 5) is 62.1. The summed E-state index contributed by atoms with van der Waals surface area (Å²) in [7, 11) is 4.57. The van der Waals surface area contributed by atoms with E-state index in [2.05, 4.69) is 0 Å². The molecule has 6 rings (SSSR count). The number of halogens is 1. The molecule has 3 saturated carbocycles. The lowest BCUT2D eigenvalue weighted by molar-refractivity contribution is -0.157. The quantitative estimate of drug-likeness (QED) is 0.148. The van der Waals surface area contributed by atoms with E-state index in [-0.39, 0.29) is 55.6 Å². The van der Waals surface area contributed by atoms with E-state index in [1.54, 1.807) is 25.2 Å². The first-order valence-corrected chi connectivity index (χ1v) is 20.5. The molecule has 0 spiro atoms. The Morgan fingerprint density at radius 3 is 2.38 bits per heavy atom. The Kier molecular flexibility index (Phi) is 12.9. The van der Waals surface area contributed by atoms with Crippen molar-refractivity contribution >= 4 is 46.1 Å². The van der Waals surface area contributed by atoms with Gasteiger partial charge in [-0.15, -0.1) is 0 Å². The first-order chi connectivity index (χ1) is 26.6. The van der Waals surface area contributed by atoms with Crippen LogP contribution >= 0.6 is 11.6 Å². The summed E-state index contributed by atoms with van der Waals surface area (Å²) in [5, 5.41) is 0.966. The second-order valence-electron chi connectivity index (χ2n) is 17.5. The number of Topliss-reactive ketones (excluding diaryl/α,β-unsaturated/α-hetero) is 1. The number of ketones is 1. The number of benzene rings is 1. The van der Waals surface area contributed by atoms with Crippen LogP contribution in [0.25, 0.3) is 10.9 Å². The Morgan fingerprint density at radius 1 is 1.02 bits per heavy atom. The third-order valence-electron chi connectivity index (χ3n) is 12.6. The molecule has 13 heteroatoms. The highest BCUT2D eigenvalue weighted by Gasteiger charge is 2.62. The number of likely N-dealkylation sites (tertiary alicyclic amines) is 1. The van der Waals surface area contributed by atoms with Gasteiger partial charge in [0.1, 0.15) is 35.3 Å². The molecule has 2 unspecified atom stereocenters. The van der Waals surface area contributed by atoms with Crippen LogP contribution in [0.1, 0.15) is 91.7 Å². The molecular formula is C43H59ClN2O10. The van der Waals surface area contributed by atoms with E-state index in [1.807, 2.05) is 46.8 Å². The lowest BCUT2D eigenvalue weighted by Crippen LogP contribution is -2.48. The van der Waals surface area contributed by atoms with Gasteiger partial charge in [0.25, 0.3) is 0 Å². The number of pyridine rings is 1. The maximum absolute atomic E-state index is 14.8. The molecule has 2 heterocycles. The third-order valence-corrected chi connectivity index (χ3v) is 12.9. The van der Waals surface area contributed by atoms with Crippen molar-refractivity contribution in [3.05, 3.63) is 28.9 Å². The molecule has 308 valence electrons. The maximum atomic E-state index is 14.8. The molecule has 1 saturated heterocycles. The molecule has 2 aromatic rings. The largest absolute Gasteiger partial charge is 0.489 e. The number of hydrogen-bond donors (Lipinski definition) is 0. The molecule has 3 aliphatic carbocycles. The number of fused-ring (bicyclic) bond motifs is 2. The second-order valence-corrected chi connectivity index (χ2v) is 17.9. The number of nitrogens with zero attached hydrogens (tertiary/aromatic N) is 2. The fourth-order valence-electron chi connectivity index (χ4n) is 8.90. The SMILES string of the molecule is CC[C@@H]1C[C@]1(CC(=O)[C@@H]1C[C@@H](Oc2cc(CCOC)nc3c(Cl)c(OCC(C)OC)ccc23)CN1C(=O)[C@@H](CC(=O)OC1C[C@@H]2C[C@@H]2C1)C(C)(C)C)C(=O)OC. The van der Waals surface area contributed by atoms with E-state index in [1.165, 1.54) is 13.5 Å². The van der Waals surface area contributed by atoms with Crippen molar-refractivity contribution in [2.24, 2.45) is 34.5 Å². The Hall–Kier alpha value is -3.48. The van der Waals surface area contributed by atoms with Gasteiger partial charge in [-0.2, -0.15) is 0 Å². The van der Waals surface area contributed by atoms with Crippen LogP contribution in [-0.4, -0.2) is 99.0 Å². The van der Waals surface area contributed by atoms with Crippen LogP contribution in [0, 0.1) is 34.5 Å². The summed E-state index contributed by atoms with van der Waals surface area (Å²) in [5.41, 5.74) is -0.352. The standard InChI is InChI=1S/C43H59ClN2O10/c1-9-27-20-43(27,41(50)53-8)21-34(47)33-18-30(22-46(33)40(49)32(42(3,4)5)19-37(48)56-29-15-25-14-26(25)16-29)55-36-17-28(12-13-51-6)45-39-31(36)10-11-35(38(39)44)54-23-24(2)52-7/h10-11,17,24-27,29-30,32-33H,9,12-16,18-23H2,1-8H3/t24?,25-,26+,27-,29?,30-,32-,33+,43-/m1/s1. The summed E-state index contributed by atoms with van der Waals surface area (Å²) < 4.78 is 34.5. The molecule has 12 nitrogen and oxygen atoms in total. The zero-order valence-corrected chi connectivity index (χ0v) is 34.9. The predicted octanol–water partition coefficient (Wildman–Crippen LogP) is 6.78. The summed E-state index contributed by atoms with van der Waals surface area (Å²) >= 11 is 6.91. The number of esters is 2. The first-order valence-electron chi connectivity index (χ1n) is 20.2. The van der Waals surface area contributed by atoms with Crippen LogP contribution in [0.4, 0.5) is 0 Å². The van der Waals surface area contributed by atoms with Gasteiger partial charge in [-0.3, -0.25) is 24.2 Å². The minimum atomic E-state index is -0.904. The summed E-state index contributed by atoms with van der Waals surface area (Å²) in [6.07, 6.45) is 3.98. The van der Waals surface area contributed by atoms with Crippen LogP contribution in [-0.2, 0) is 44.5 Å². The van der Waals surface area contributed by atoms with Crippen molar-refractivity contribution in [1.29, 1.82) is 0 Å². The Bertz CT molecular complexity index is 1790. The van der Waals surface area contributed by atoms with Gasteiger partial charge >= 0.3 is 11.9 Å². The number of methoxy groups -OCH3 is 3. The smallest absolute Gasteiger partial charge is 0.312 e. The highest BCUT2D eigenvalue weighted by Crippen LogP contribution is 2.58. The monoisotopic (exact) mass is 798 g/mol. The van der Waals surface area contributed by atoms with Crippen molar-refractivity contribution in [3.8, 4) is 11.5 Å². The number of carbonyl (C=O) groups is 4. The van der Waals surface area contributed by atoms with Crippen molar-refractivity contribution in [2.45, 2.75) is 117 Å². The lowest BCUT2D eigenvalue weighted by atomic mass is 9.77. The topological polar surface area (TPSA) is 140 Å². The van der Waals surface area contributed by atoms with Crippen LogP contribution < -0.4 is 9.47 Å². The molecule has 0 radical (unpaired) electrons. The summed E-state index contributed by atoms with van der Waals surface area (Å²) in [6.45, 7) is 10.5. The number of hydrogen-bond acceptors (Lipinski definition) is 11. The van der Waals surface area contributed by atoms with Crippen molar-refractivity contribution in [2.75, 3.05) is 41.1 Å². The maximum Gasteiger partial charge on any atom is 0.312 e. The third kappa shape index (κ3) is 9.12. The van der Waals surface area contributed by atoms with Crippen molar-refractivity contribution in [3.63, 3.8) is 0 Å². The normalized spacial score (nSPS) is 27.7. The predicted molar refractivity (Wildman–Crippen MR) is 210 cm³/mol. The Morgan fingerprint density at radius 2 is 1.75 bits per heavy atom. The molecule has 9 atom stereocenters. The zero-order chi connectivity index (χ0) is 40.5. The fourth-order valence-corrected chi connectivity index (χ4v) is 9.16. The fraction of sp³-hybridized carbons (Fsp3) is 0.698. The Balaban J connectivity index is 1.29. The van der Waals surface area contributed by atoms with Gasteiger partial charge in [-0.1, -0.05) is 45.7 Å². The molecule has 0 N–H and O–H groups in total. The van der Waals surface area contributed by atoms with Gasteiger partial charge in [0.2, 0.25) is 5.91 Å². The summed E-state index contributed by atoms with van der Waals surface area (Å²) in [5.74, 6) is 0.211. The average Bonchev–Trinajstić information content (AvgIpc) is 3.97. The van der Waals surface area contributed by atoms with E-state index < -0.39 is 40.8 Å². The number of aromatic nitrogens is 1. The minimum absolute atomic E-state index is 0.0280. The molecular weight excluding hydrogens is 740 g/mol. The van der Waals surface area contributed by atoms with Crippen LogP contribution in [0.2, 0.25) is 5.02 Å². The molecule has 56 heavy (non-hydrogen) atoms. The molecule has 4 aliphatic rings. The van der Waals surface area contributed by atoms with Crippen molar-refractivity contribution < 1.29 is 47.6 Å². The highest BCUT2D eigenvalue weighted by atomic mass is 35.5. The molecule has 4 fully saturated rings. The number of ether oxygens (including phenoxy) is 6. The second kappa shape index (κ2) is 17.2. The van der Waals surface area contributed by atoms with Gasteiger partial charge in [-0.25, -0.2) is 0 Å². The van der Waals surface area contributed by atoms with Gasteiger partial charge < -0.3 is 33.3 Å². The van der Waals surface area contributed by atoms with E-state index in [9.17, 15) is 19.2 Å². The van der Waals surface area contributed by atoms with Crippen molar-refractivity contribution in [1.82, 2.24) is 9.88 Å². The van der Waals surface area contributed by atoms with Crippen LogP contribution in [0.5, 0.6) is 11.5 Å². The zero-order valence-electron chi connectivity index (χ0n) is 34.2. The molecule has 1 aromatic heterocycles. The number of carbonyl (C=O) groups excluding carboxylic acids is 4. The Labute approximate surface area is 335 Å². The first kappa shape index (κ1) is 42.1. The van der Waals surface area contributed by atoms with Crippen LogP contribution in [0.15, 0.2) is 18.2 Å². The number of amides is 1. The van der Waals surface area contributed by atoms with E-state index >= 15 is 0 Å². The van der Waals surface area contributed by atoms with Gasteiger partial charge in [0.05, 0.1) is 55.7 Å². The van der Waals surface area contributed by atoms with Gasteiger partial charge in [-0.05, 0) is 67.9 Å². The van der Waals surface area contributed by atoms with E-state index in [0.29, 0.717) is 71.0 Å². The molecule has 1 aromatic carbocycles. The molecule has 1 amide bonds. The molecule has 0 bridgehead atoms. The minimum Gasteiger partial charge on any atom is -0.489 e. The van der Waals surface area contributed by atoms with Gasteiger partial charge in [0, 0.05) is 50.6 Å². The lowest BCUT2D eigenvalue weighted by Gasteiger charge is -2.35. The summed E-state index contributed by atoms with van der Waals surface area (Å²) in [6, 6.07) is 4.57. The van der Waals surface area contributed by atoms with Crippen LogP contribution in [0.3, 0.4) is 0 Å². The van der Waals surface area contributed by atoms with E-state index in [0.717, 1.165) is 19.3 Å².